The lowest BCUT2D eigenvalue weighted by molar-refractivity contribution is 0.288. The molecule has 1 fully saturated rings. The third-order valence-electron chi connectivity index (χ3n) is 6.53. The SMILES string of the molecule is N#Cc1ccc(COc2cccc(-c3ccc(Cc4nccn4CC4(CF)CC4)c(F)c3)n2)c(F)c1. The first-order valence-corrected chi connectivity index (χ1v) is 11.6. The van der Waals surface area contributed by atoms with Gasteiger partial charge in [-0.25, -0.2) is 18.7 Å². The summed E-state index contributed by atoms with van der Waals surface area (Å²) in [4.78, 5) is 8.78. The third-order valence-corrected chi connectivity index (χ3v) is 6.53. The molecule has 36 heavy (non-hydrogen) atoms. The molecule has 5 rings (SSSR count). The van der Waals surface area contributed by atoms with Crippen LogP contribution in [-0.4, -0.2) is 21.2 Å². The maximum Gasteiger partial charge on any atom is 0.214 e. The van der Waals surface area contributed by atoms with Gasteiger partial charge in [0.2, 0.25) is 5.88 Å². The molecule has 2 aromatic heterocycles. The number of nitriles is 1. The van der Waals surface area contributed by atoms with E-state index >= 15 is 4.39 Å². The van der Waals surface area contributed by atoms with Gasteiger partial charge in [-0.3, -0.25) is 4.39 Å². The first-order valence-electron chi connectivity index (χ1n) is 11.6. The van der Waals surface area contributed by atoms with E-state index in [0.29, 0.717) is 41.2 Å². The smallest absolute Gasteiger partial charge is 0.214 e. The predicted molar refractivity (Wildman–Crippen MR) is 128 cm³/mol. The van der Waals surface area contributed by atoms with Crippen molar-refractivity contribution in [1.82, 2.24) is 14.5 Å². The lowest BCUT2D eigenvalue weighted by Gasteiger charge is -2.14. The summed E-state index contributed by atoms with van der Waals surface area (Å²) >= 11 is 0. The lowest BCUT2D eigenvalue weighted by atomic mass is 10.0. The van der Waals surface area contributed by atoms with Crippen molar-refractivity contribution in [1.29, 1.82) is 5.26 Å². The van der Waals surface area contributed by atoms with Crippen molar-refractivity contribution in [3.8, 4) is 23.2 Å². The highest BCUT2D eigenvalue weighted by Crippen LogP contribution is 2.47. The van der Waals surface area contributed by atoms with Gasteiger partial charge in [-0.2, -0.15) is 5.26 Å². The summed E-state index contributed by atoms with van der Waals surface area (Å²) in [6.07, 6.45) is 5.50. The molecule has 1 saturated carbocycles. The van der Waals surface area contributed by atoms with Crippen molar-refractivity contribution in [3.05, 3.63) is 101 Å². The number of nitrogens with zero attached hydrogens (tertiary/aromatic N) is 4. The zero-order chi connectivity index (χ0) is 25.1. The van der Waals surface area contributed by atoms with Crippen LogP contribution < -0.4 is 4.74 Å². The normalized spacial score (nSPS) is 13.8. The second kappa shape index (κ2) is 9.86. The van der Waals surface area contributed by atoms with E-state index in [1.54, 1.807) is 36.5 Å². The van der Waals surface area contributed by atoms with Gasteiger partial charge < -0.3 is 9.30 Å². The van der Waals surface area contributed by atoms with Crippen molar-refractivity contribution >= 4 is 0 Å². The van der Waals surface area contributed by atoms with Gasteiger partial charge in [-0.05, 0) is 42.7 Å². The fourth-order valence-corrected chi connectivity index (χ4v) is 4.09. The molecular weight excluding hydrogens is 465 g/mol. The Morgan fingerprint density at radius 2 is 1.83 bits per heavy atom. The number of aromatic nitrogens is 3. The largest absolute Gasteiger partial charge is 0.473 e. The maximum absolute atomic E-state index is 15.0. The molecule has 0 radical (unpaired) electrons. The predicted octanol–water partition coefficient (Wildman–Crippen LogP) is 6.01. The van der Waals surface area contributed by atoms with Gasteiger partial charge in [0, 0.05) is 48.0 Å². The molecule has 8 heteroatoms. The van der Waals surface area contributed by atoms with Crippen LogP contribution in [0.1, 0.15) is 35.4 Å². The van der Waals surface area contributed by atoms with E-state index in [4.69, 9.17) is 10.00 Å². The zero-order valence-corrected chi connectivity index (χ0v) is 19.4. The second-order valence-electron chi connectivity index (χ2n) is 9.16. The third kappa shape index (κ3) is 5.10. The first kappa shape index (κ1) is 23.6. The van der Waals surface area contributed by atoms with E-state index in [1.165, 1.54) is 18.2 Å². The average Bonchev–Trinajstić information content (AvgIpc) is 3.55. The van der Waals surface area contributed by atoms with Gasteiger partial charge in [0.1, 0.15) is 24.1 Å². The van der Waals surface area contributed by atoms with Gasteiger partial charge in [0.05, 0.1) is 24.0 Å². The van der Waals surface area contributed by atoms with Crippen LogP contribution in [0.4, 0.5) is 13.2 Å². The fourth-order valence-electron chi connectivity index (χ4n) is 4.09. The van der Waals surface area contributed by atoms with Crippen molar-refractivity contribution in [2.45, 2.75) is 32.4 Å². The topological polar surface area (TPSA) is 63.7 Å². The minimum Gasteiger partial charge on any atom is -0.473 e. The van der Waals surface area contributed by atoms with Gasteiger partial charge >= 0.3 is 0 Å². The summed E-state index contributed by atoms with van der Waals surface area (Å²) in [5.41, 5.74) is 1.82. The summed E-state index contributed by atoms with van der Waals surface area (Å²) in [5, 5.41) is 8.86. The Kier molecular flexibility index (Phi) is 6.47. The zero-order valence-electron chi connectivity index (χ0n) is 19.4. The van der Waals surface area contributed by atoms with Crippen LogP contribution in [0.2, 0.25) is 0 Å². The Bertz CT molecular complexity index is 1440. The highest BCUT2D eigenvalue weighted by molar-refractivity contribution is 5.60. The van der Waals surface area contributed by atoms with E-state index in [-0.39, 0.29) is 36.0 Å². The Hall–Kier alpha value is -4.12. The molecule has 4 aromatic rings. The van der Waals surface area contributed by atoms with Gasteiger partial charge in [0.15, 0.2) is 0 Å². The number of halogens is 3. The van der Waals surface area contributed by atoms with Crippen LogP contribution in [0, 0.1) is 28.4 Å². The number of benzene rings is 2. The minimum absolute atomic E-state index is 0.0579. The Morgan fingerprint density at radius 3 is 2.56 bits per heavy atom. The van der Waals surface area contributed by atoms with Crippen LogP contribution in [0.15, 0.2) is 67.0 Å². The maximum atomic E-state index is 15.0. The quantitative estimate of drug-likeness (QED) is 0.289. The van der Waals surface area contributed by atoms with Crippen LogP contribution in [0.5, 0.6) is 5.88 Å². The van der Waals surface area contributed by atoms with Gasteiger partial charge in [-0.1, -0.05) is 24.3 Å². The Morgan fingerprint density at radius 1 is 1.03 bits per heavy atom. The van der Waals surface area contributed by atoms with E-state index in [9.17, 15) is 8.78 Å². The van der Waals surface area contributed by atoms with E-state index in [1.807, 2.05) is 16.8 Å². The van der Waals surface area contributed by atoms with Crippen LogP contribution in [0.25, 0.3) is 11.3 Å². The summed E-state index contributed by atoms with van der Waals surface area (Å²) in [6.45, 7) is 0.144. The monoisotopic (exact) mass is 488 g/mol. The number of imidazole rings is 1. The molecule has 5 nitrogen and oxygen atoms in total. The number of alkyl halides is 1. The van der Waals surface area contributed by atoms with Crippen molar-refractivity contribution in [2.24, 2.45) is 5.41 Å². The summed E-state index contributed by atoms with van der Waals surface area (Å²) in [5.74, 6) is 0.0523. The minimum atomic E-state index is -0.527. The number of pyridine rings is 1. The molecule has 2 aromatic carbocycles. The molecule has 0 atom stereocenters. The molecule has 2 heterocycles. The Balaban J connectivity index is 1.28. The highest BCUT2D eigenvalue weighted by Gasteiger charge is 2.43. The summed E-state index contributed by atoms with van der Waals surface area (Å²) < 4.78 is 50.0. The standard InChI is InChI=1S/C28H23F3N4O/c29-17-28(8-9-28)18-35-11-10-33-26(35)14-20-6-7-21(13-24(20)31)25-2-1-3-27(34-25)36-16-22-5-4-19(15-32)12-23(22)30/h1-7,10-13H,8-9,14,16-18H2. The number of hydrogen-bond acceptors (Lipinski definition) is 4. The first-order chi connectivity index (χ1) is 17.5. The molecule has 0 bridgehead atoms. The summed E-state index contributed by atoms with van der Waals surface area (Å²) in [7, 11) is 0. The van der Waals surface area contributed by atoms with Crippen molar-refractivity contribution in [2.75, 3.05) is 6.67 Å². The van der Waals surface area contributed by atoms with Crippen LogP contribution >= 0.6 is 0 Å². The number of ether oxygens (including phenoxy) is 1. The van der Waals surface area contributed by atoms with E-state index in [2.05, 4.69) is 9.97 Å². The average molecular weight is 489 g/mol. The molecule has 1 aliphatic rings. The molecule has 1 aliphatic carbocycles. The van der Waals surface area contributed by atoms with Crippen LogP contribution in [-0.2, 0) is 19.6 Å². The molecular formula is C28H23F3N4O. The van der Waals surface area contributed by atoms with Crippen LogP contribution in [0.3, 0.4) is 0 Å². The molecule has 0 unspecified atom stereocenters. The molecule has 0 amide bonds. The molecule has 0 saturated heterocycles. The number of hydrogen-bond donors (Lipinski definition) is 0. The van der Waals surface area contributed by atoms with Crippen molar-refractivity contribution in [3.63, 3.8) is 0 Å². The Labute approximate surface area is 206 Å². The fraction of sp³-hybridized carbons (Fsp3) is 0.250. The molecule has 0 aliphatic heterocycles. The second-order valence-corrected chi connectivity index (χ2v) is 9.16. The van der Waals surface area contributed by atoms with Gasteiger partial charge in [-0.15, -0.1) is 0 Å². The molecule has 182 valence electrons. The van der Waals surface area contributed by atoms with Crippen molar-refractivity contribution < 1.29 is 17.9 Å². The number of rotatable bonds is 9. The molecule has 0 N–H and O–H groups in total. The lowest BCUT2D eigenvalue weighted by Crippen LogP contribution is -2.15. The van der Waals surface area contributed by atoms with E-state index in [0.717, 1.165) is 18.9 Å². The van der Waals surface area contributed by atoms with Gasteiger partial charge in [0.25, 0.3) is 0 Å². The summed E-state index contributed by atoms with van der Waals surface area (Å²) in [6, 6.07) is 16.1. The molecule has 0 spiro atoms. The highest BCUT2D eigenvalue weighted by atomic mass is 19.1. The van der Waals surface area contributed by atoms with E-state index < -0.39 is 5.82 Å².